The molecule has 6 heteroatoms. The number of carbonyl (C=O) groups excluding carboxylic acids is 2. The number of hydrogen-bond donors (Lipinski definition) is 0. The molecule has 2 amide bonds. The summed E-state index contributed by atoms with van der Waals surface area (Å²) in [5.41, 5.74) is 1.97. The second-order valence-corrected chi connectivity index (χ2v) is 7.72. The van der Waals surface area contributed by atoms with Crippen molar-refractivity contribution in [2.24, 2.45) is 0 Å². The minimum atomic E-state index is -0.309. The zero-order chi connectivity index (χ0) is 19.8. The van der Waals surface area contributed by atoms with Crippen LogP contribution in [0.2, 0.25) is 0 Å². The Labute approximate surface area is 169 Å². The molecule has 3 aliphatic heterocycles. The molecule has 0 radical (unpaired) electrons. The van der Waals surface area contributed by atoms with E-state index >= 15 is 0 Å². The summed E-state index contributed by atoms with van der Waals surface area (Å²) in [4.78, 5) is 27.1. The summed E-state index contributed by atoms with van der Waals surface area (Å²) in [6.07, 6.45) is 2.92. The summed E-state index contributed by atoms with van der Waals surface area (Å²) in [5.74, 6) is 0.232. The van der Waals surface area contributed by atoms with Crippen molar-refractivity contribution in [3.8, 4) is 5.75 Å². The van der Waals surface area contributed by atoms with Crippen LogP contribution in [0.3, 0.4) is 0 Å². The lowest BCUT2D eigenvalue weighted by Crippen LogP contribution is -2.43. The second-order valence-electron chi connectivity index (χ2n) is 7.72. The molecule has 3 atom stereocenters. The van der Waals surface area contributed by atoms with Gasteiger partial charge in [0.25, 0.3) is 11.8 Å². The normalized spacial score (nSPS) is 26.6. The molecule has 0 saturated carbocycles. The van der Waals surface area contributed by atoms with Crippen LogP contribution in [0.4, 0.5) is 0 Å². The molecule has 3 heterocycles. The van der Waals surface area contributed by atoms with E-state index in [1.807, 2.05) is 24.3 Å². The van der Waals surface area contributed by atoms with Gasteiger partial charge in [-0.2, -0.15) is 0 Å². The van der Waals surface area contributed by atoms with Crippen molar-refractivity contribution in [3.05, 3.63) is 65.2 Å². The van der Waals surface area contributed by atoms with Gasteiger partial charge in [0.15, 0.2) is 6.29 Å². The number of nitrogens with zero attached hydrogens (tertiary/aromatic N) is 1. The highest BCUT2D eigenvalue weighted by Crippen LogP contribution is 2.35. The minimum Gasteiger partial charge on any atom is -0.465 e. The molecule has 2 aromatic carbocycles. The fourth-order valence-electron chi connectivity index (χ4n) is 4.37. The van der Waals surface area contributed by atoms with Crippen molar-refractivity contribution in [1.82, 2.24) is 4.90 Å². The van der Waals surface area contributed by atoms with Gasteiger partial charge in [-0.25, -0.2) is 0 Å². The number of rotatable bonds is 4. The first kappa shape index (κ1) is 18.3. The first-order valence-electron chi connectivity index (χ1n) is 10.2. The van der Waals surface area contributed by atoms with E-state index in [9.17, 15) is 9.59 Å². The largest absolute Gasteiger partial charge is 0.465 e. The Hall–Kier alpha value is -2.70. The number of ether oxygens (including phenoxy) is 3. The van der Waals surface area contributed by atoms with Crippen LogP contribution in [-0.2, 0) is 9.47 Å². The van der Waals surface area contributed by atoms with Crippen LogP contribution in [-0.4, -0.2) is 48.9 Å². The Balaban J connectivity index is 1.33. The van der Waals surface area contributed by atoms with E-state index in [0.29, 0.717) is 24.3 Å². The lowest BCUT2D eigenvalue weighted by Gasteiger charge is -2.27. The number of imide groups is 1. The average Bonchev–Trinajstić information content (AvgIpc) is 3.33. The third-order valence-electron chi connectivity index (χ3n) is 5.92. The molecule has 0 N–H and O–H groups in total. The number of amides is 2. The summed E-state index contributed by atoms with van der Waals surface area (Å²) >= 11 is 0. The second kappa shape index (κ2) is 7.61. The molecule has 0 aliphatic carbocycles. The van der Waals surface area contributed by atoms with Crippen LogP contribution in [0.5, 0.6) is 5.75 Å². The van der Waals surface area contributed by atoms with E-state index in [2.05, 4.69) is 0 Å². The quantitative estimate of drug-likeness (QED) is 0.745. The van der Waals surface area contributed by atoms with Gasteiger partial charge in [-0.1, -0.05) is 24.3 Å². The zero-order valence-corrected chi connectivity index (χ0v) is 16.1. The number of carbonyl (C=O) groups is 2. The Morgan fingerprint density at radius 2 is 1.62 bits per heavy atom. The standard InChI is InChI=1S/C23H23NO5/c25-22-17-5-1-2-6-18(17)23(26)24(22)20-14-27-13-19(20)15-8-10-16(11-9-15)29-21-7-3-4-12-28-21/h1-2,5-6,8-11,19-21H,3-4,7,12-14H2/t19-,20-,21?/m0/s1. The summed E-state index contributed by atoms with van der Waals surface area (Å²) in [6, 6.07) is 14.5. The Morgan fingerprint density at radius 1 is 0.897 bits per heavy atom. The van der Waals surface area contributed by atoms with Gasteiger partial charge in [0.2, 0.25) is 0 Å². The topological polar surface area (TPSA) is 65.1 Å². The van der Waals surface area contributed by atoms with Crippen molar-refractivity contribution in [1.29, 1.82) is 0 Å². The van der Waals surface area contributed by atoms with Gasteiger partial charge < -0.3 is 14.2 Å². The molecule has 2 saturated heterocycles. The summed E-state index contributed by atoms with van der Waals surface area (Å²) in [6.45, 7) is 1.57. The third kappa shape index (κ3) is 3.32. The van der Waals surface area contributed by atoms with Gasteiger partial charge in [0.1, 0.15) is 5.75 Å². The van der Waals surface area contributed by atoms with E-state index in [1.54, 1.807) is 24.3 Å². The van der Waals surface area contributed by atoms with Gasteiger partial charge in [0, 0.05) is 12.3 Å². The number of benzene rings is 2. The van der Waals surface area contributed by atoms with Crippen LogP contribution >= 0.6 is 0 Å². The lowest BCUT2D eigenvalue weighted by molar-refractivity contribution is -0.105. The zero-order valence-electron chi connectivity index (χ0n) is 16.1. The molecule has 0 aromatic heterocycles. The van der Waals surface area contributed by atoms with Crippen LogP contribution in [0.15, 0.2) is 48.5 Å². The maximum Gasteiger partial charge on any atom is 0.261 e. The fraction of sp³-hybridized carbons (Fsp3) is 0.391. The molecule has 6 nitrogen and oxygen atoms in total. The number of hydrogen-bond acceptors (Lipinski definition) is 5. The average molecular weight is 393 g/mol. The molecule has 29 heavy (non-hydrogen) atoms. The van der Waals surface area contributed by atoms with Gasteiger partial charge in [-0.15, -0.1) is 0 Å². The summed E-state index contributed by atoms with van der Waals surface area (Å²) in [7, 11) is 0. The third-order valence-corrected chi connectivity index (χ3v) is 5.92. The summed E-state index contributed by atoms with van der Waals surface area (Å²) in [5, 5.41) is 0. The van der Waals surface area contributed by atoms with E-state index in [1.165, 1.54) is 4.90 Å². The highest BCUT2D eigenvalue weighted by molar-refractivity contribution is 6.21. The lowest BCUT2D eigenvalue weighted by atomic mass is 9.93. The molecule has 1 unspecified atom stereocenters. The molecule has 5 rings (SSSR count). The predicted molar refractivity (Wildman–Crippen MR) is 105 cm³/mol. The van der Waals surface area contributed by atoms with Crippen LogP contribution in [0.1, 0.15) is 51.5 Å². The Bertz CT molecular complexity index is 884. The minimum absolute atomic E-state index is 0.0582. The van der Waals surface area contributed by atoms with Gasteiger partial charge in [-0.05, 0) is 42.7 Å². The highest BCUT2D eigenvalue weighted by atomic mass is 16.7. The Morgan fingerprint density at radius 3 is 2.28 bits per heavy atom. The van der Waals surface area contributed by atoms with E-state index in [0.717, 1.165) is 37.2 Å². The fourth-order valence-corrected chi connectivity index (χ4v) is 4.37. The van der Waals surface area contributed by atoms with E-state index < -0.39 is 0 Å². The molecular formula is C23H23NO5. The highest BCUT2D eigenvalue weighted by Gasteiger charge is 2.45. The molecular weight excluding hydrogens is 370 g/mol. The van der Waals surface area contributed by atoms with Gasteiger partial charge in [0.05, 0.1) is 37.0 Å². The predicted octanol–water partition coefficient (Wildman–Crippen LogP) is 3.37. The first-order valence-corrected chi connectivity index (χ1v) is 10.2. The molecule has 2 fully saturated rings. The van der Waals surface area contributed by atoms with Crippen molar-refractivity contribution in [2.45, 2.75) is 37.5 Å². The smallest absolute Gasteiger partial charge is 0.261 e. The molecule has 0 bridgehead atoms. The van der Waals surface area contributed by atoms with Gasteiger partial charge in [-0.3, -0.25) is 14.5 Å². The van der Waals surface area contributed by atoms with Crippen molar-refractivity contribution < 1.29 is 23.8 Å². The Kier molecular flexibility index (Phi) is 4.81. The van der Waals surface area contributed by atoms with E-state index in [-0.39, 0.29) is 30.1 Å². The monoisotopic (exact) mass is 393 g/mol. The molecule has 3 aliphatic rings. The molecule has 150 valence electrons. The van der Waals surface area contributed by atoms with Crippen LogP contribution in [0, 0.1) is 0 Å². The van der Waals surface area contributed by atoms with Crippen LogP contribution < -0.4 is 4.74 Å². The first-order chi connectivity index (χ1) is 14.2. The van der Waals surface area contributed by atoms with Gasteiger partial charge >= 0.3 is 0 Å². The number of fused-ring (bicyclic) bond motifs is 1. The van der Waals surface area contributed by atoms with E-state index in [4.69, 9.17) is 14.2 Å². The maximum atomic E-state index is 12.9. The van der Waals surface area contributed by atoms with Crippen molar-refractivity contribution in [3.63, 3.8) is 0 Å². The van der Waals surface area contributed by atoms with Crippen molar-refractivity contribution in [2.75, 3.05) is 19.8 Å². The van der Waals surface area contributed by atoms with Crippen LogP contribution in [0.25, 0.3) is 0 Å². The molecule has 2 aromatic rings. The SMILES string of the molecule is O=C1c2ccccc2C(=O)N1[C@H]1COC[C@H]1c1ccc(OC2CCCCO2)cc1. The molecule has 0 spiro atoms. The van der Waals surface area contributed by atoms with Crippen molar-refractivity contribution >= 4 is 11.8 Å². The maximum absolute atomic E-state index is 12.9. The summed E-state index contributed by atoms with van der Waals surface area (Å²) < 4.78 is 17.2.